The van der Waals surface area contributed by atoms with Crippen LogP contribution in [0.15, 0.2) is 24.3 Å². The zero-order chi connectivity index (χ0) is 16.8. The Balaban J connectivity index is 2.89. The maximum Gasteiger partial charge on any atom is 0.408 e. The molecule has 1 amide bonds. The molecular weight excluding hydrogens is 293 g/mol. The summed E-state index contributed by atoms with van der Waals surface area (Å²) in [4.78, 5) is 23.7. The summed E-state index contributed by atoms with van der Waals surface area (Å²) < 4.78 is 26.5. The summed E-state index contributed by atoms with van der Waals surface area (Å²) in [6.07, 6.45) is -0.744. The van der Waals surface area contributed by atoms with Gasteiger partial charge in [-0.3, -0.25) is 0 Å². The summed E-state index contributed by atoms with van der Waals surface area (Å²) in [6, 6.07) is 5.01. The van der Waals surface area contributed by atoms with Crippen molar-refractivity contribution in [1.29, 1.82) is 0 Å². The Bertz CT molecular complexity index is 510. The summed E-state index contributed by atoms with van der Waals surface area (Å²) in [5, 5.41) is 2.44. The third kappa shape index (κ3) is 5.59. The second-order valence-electron chi connectivity index (χ2n) is 5.42. The van der Waals surface area contributed by atoms with Gasteiger partial charge >= 0.3 is 12.1 Å². The zero-order valence-electron chi connectivity index (χ0n) is 13.0. The van der Waals surface area contributed by atoms with Gasteiger partial charge in [-0.1, -0.05) is 12.1 Å². The van der Waals surface area contributed by atoms with Crippen LogP contribution in [-0.2, 0) is 14.3 Å². The minimum Gasteiger partial charge on any atom is -0.467 e. The molecule has 1 aromatic carbocycles. The molecule has 0 radical (unpaired) electrons. The number of rotatable bonds is 5. The normalized spacial score (nSPS) is 12.2. The van der Waals surface area contributed by atoms with Crippen molar-refractivity contribution in [3.05, 3.63) is 29.8 Å². The Kier molecular flexibility index (Phi) is 6.15. The molecule has 0 saturated carbocycles. The van der Waals surface area contributed by atoms with E-state index in [-0.39, 0.29) is 0 Å². The van der Waals surface area contributed by atoms with Crippen LogP contribution in [0.5, 0.6) is 5.75 Å². The molecule has 0 aliphatic heterocycles. The number of benzene rings is 1. The van der Waals surface area contributed by atoms with Crippen LogP contribution < -0.4 is 10.1 Å². The fourth-order valence-electron chi connectivity index (χ4n) is 1.64. The SMILES string of the molecule is COC(=O)[C@H](NC(=O)OC(C)(C)C)c1ccc(OCF)cc1. The first-order valence-electron chi connectivity index (χ1n) is 6.63. The number of alkyl carbamates (subject to hydrolysis) is 1. The first-order valence-corrected chi connectivity index (χ1v) is 6.63. The Morgan fingerprint density at radius 1 is 1.23 bits per heavy atom. The molecule has 0 fully saturated rings. The minimum absolute atomic E-state index is 0.312. The van der Waals surface area contributed by atoms with Crippen molar-refractivity contribution in [2.75, 3.05) is 14.0 Å². The third-order valence-corrected chi connectivity index (χ3v) is 2.53. The molecule has 0 saturated heterocycles. The topological polar surface area (TPSA) is 73.9 Å². The summed E-state index contributed by atoms with van der Waals surface area (Å²) in [5.74, 6) is -0.336. The molecule has 1 atom stereocenters. The molecular formula is C15H20FNO5. The minimum atomic E-state index is -1.03. The van der Waals surface area contributed by atoms with Gasteiger partial charge in [-0.15, -0.1) is 0 Å². The number of alkyl halides is 1. The van der Waals surface area contributed by atoms with E-state index >= 15 is 0 Å². The lowest BCUT2D eigenvalue weighted by molar-refractivity contribution is -0.143. The molecule has 0 bridgehead atoms. The highest BCUT2D eigenvalue weighted by atomic mass is 19.1. The van der Waals surface area contributed by atoms with Crippen molar-refractivity contribution in [2.24, 2.45) is 0 Å². The van der Waals surface area contributed by atoms with E-state index in [4.69, 9.17) is 4.74 Å². The van der Waals surface area contributed by atoms with Crippen LogP contribution in [0.25, 0.3) is 0 Å². The monoisotopic (exact) mass is 313 g/mol. The van der Waals surface area contributed by atoms with Gasteiger partial charge in [-0.2, -0.15) is 0 Å². The van der Waals surface area contributed by atoms with Crippen molar-refractivity contribution in [3.8, 4) is 5.75 Å². The van der Waals surface area contributed by atoms with Crippen molar-refractivity contribution in [3.63, 3.8) is 0 Å². The molecule has 0 unspecified atom stereocenters. The maximum absolute atomic E-state index is 12.1. The molecule has 22 heavy (non-hydrogen) atoms. The molecule has 0 aromatic heterocycles. The number of carbonyl (C=O) groups excluding carboxylic acids is 2. The smallest absolute Gasteiger partial charge is 0.408 e. The summed E-state index contributed by atoms with van der Waals surface area (Å²) >= 11 is 0. The number of halogens is 1. The van der Waals surface area contributed by atoms with E-state index in [9.17, 15) is 14.0 Å². The molecule has 1 aromatic rings. The Morgan fingerprint density at radius 2 is 1.82 bits per heavy atom. The highest BCUT2D eigenvalue weighted by Gasteiger charge is 2.26. The first-order chi connectivity index (χ1) is 10.3. The number of esters is 1. The fraction of sp³-hybridized carbons (Fsp3) is 0.467. The van der Waals surface area contributed by atoms with Gasteiger partial charge in [0.1, 0.15) is 11.4 Å². The molecule has 0 aliphatic carbocycles. The van der Waals surface area contributed by atoms with Crippen molar-refractivity contribution < 1.29 is 28.2 Å². The number of hydrogen-bond acceptors (Lipinski definition) is 5. The van der Waals surface area contributed by atoms with Gasteiger partial charge in [0.25, 0.3) is 0 Å². The molecule has 1 N–H and O–H groups in total. The Morgan fingerprint density at radius 3 is 2.27 bits per heavy atom. The number of hydrogen-bond donors (Lipinski definition) is 1. The zero-order valence-corrected chi connectivity index (χ0v) is 13.0. The summed E-state index contributed by atoms with van der Waals surface area (Å²) in [5.41, 5.74) is -0.229. The Hall–Kier alpha value is -2.31. The van der Waals surface area contributed by atoms with Crippen LogP contribution in [0.4, 0.5) is 9.18 Å². The molecule has 7 heteroatoms. The van der Waals surface area contributed by atoms with Gasteiger partial charge in [0, 0.05) is 0 Å². The van der Waals surface area contributed by atoms with Crippen molar-refractivity contribution in [1.82, 2.24) is 5.32 Å². The molecule has 0 spiro atoms. The molecule has 122 valence electrons. The highest BCUT2D eigenvalue weighted by Crippen LogP contribution is 2.20. The number of ether oxygens (including phenoxy) is 3. The van der Waals surface area contributed by atoms with Crippen LogP contribution in [0.2, 0.25) is 0 Å². The Labute approximate surface area is 128 Å². The third-order valence-electron chi connectivity index (χ3n) is 2.53. The first kappa shape index (κ1) is 17.7. The van der Waals surface area contributed by atoms with Gasteiger partial charge in [0.2, 0.25) is 6.86 Å². The van der Waals surface area contributed by atoms with E-state index in [1.165, 1.54) is 31.4 Å². The van der Waals surface area contributed by atoms with Gasteiger partial charge in [-0.05, 0) is 38.5 Å². The summed E-state index contributed by atoms with van der Waals surface area (Å²) in [6.45, 7) is 4.18. The van der Waals surface area contributed by atoms with Gasteiger partial charge in [-0.25, -0.2) is 14.0 Å². The number of carbonyl (C=O) groups is 2. The lowest BCUT2D eigenvalue weighted by atomic mass is 10.1. The van der Waals surface area contributed by atoms with E-state index < -0.39 is 30.6 Å². The molecule has 1 rings (SSSR count). The van der Waals surface area contributed by atoms with E-state index in [2.05, 4.69) is 14.8 Å². The number of methoxy groups -OCH3 is 1. The number of nitrogens with one attached hydrogen (secondary N) is 1. The van der Waals surface area contributed by atoms with Crippen LogP contribution >= 0.6 is 0 Å². The lowest BCUT2D eigenvalue weighted by Gasteiger charge is -2.22. The van der Waals surface area contributed by atoms with Gasteiger partial charge < -0.3 is 19.5 Å². The van der Waals surface area contributed by atoms with Crippen LogP contribution in [-0.4, -0.2) is 31.6 Å². The molecule has 0 heterocycles. The maximum atomic E-state index is 12.1. The van der Waals surface area contributed by atoms with E-state index in [1.54, 1.807) is 20.8 Å². The average molecular weight is 313 g/mol. The molecule has 0 aliphatic rings. The molecule has 6 nitrogen and oxygen atoms in total. The average Bonchev–Trinajstić information content (AvgIpc) is 2.43. The van der Waals surface area contributed by atoms with Crippen LogP contribution in [0.1, 0.15) is 32.4 Å². The predicted molar refractivity (Wildman–Crippen MR) is 77.2 cm³/mol. The number of amides is 1. The highest BCUT2D eigenvalue weighted by molar-refractivity contribution is 5.82. The second-order valence-corrected chi connectivity index (χ2v) is 5.42. The quantitative estimate of drug-likeness (QED) is 0.846. The van der Waals surface area contributed by atoms with Crippen LogP contribution in [0.3, 0.4) is 0 Å². The fourth-order valence-corrected chi connectivity index (χ4v) is 1.64. The van der Waals surface area contributed by atoms with Gasteiger partial charge in [0.15, 0.2) is 6.04 Å². The van der Waals surface area contributed by atoms with E-state index in [1.807, 2.05) is 0 Å². The standard InChI is InChI=1S/C15H20FNO5/c1-15(2,3)22-14(19)17-12(13(18)20-4)10-5-7-11(8-6-10)21-9-16/h5-8,12H,9H2,1-4H3,(H,17,19)/t12-/m1/s1. The van der Waals surface area contributed by atoms with E-state index in [0.717, 1.165) is 0 Å². The lowest BCUT2D eigenvalue weighted by Crippen LogP contribution is -2.38. The summed E-state index contributed by atoms with van der Waals surface area (Å²) in [7, 11) is 1.21. The van der Waals surface area contributed by atoms with Crippen molar-refractivity contribution in [2.45, 2.75) is 32.4 Å². The van der Waals surface area contributed by atoms with E-state index in [0.29, 0.717) is 11.3 Å². The second kappa shape index (κ2) is 7.63. The van der Waals surface area contributed by atoms with Crippen LogP contribution in [0, 0.1) is 0 Å². The van der Waals surface area contributed by atoms with Crippen molar-refractivity contribution >= 4 is 12.1 Å². The largest absolute Gasteiger partial charge is 0.467 e. The predicted octanol–water partition coefficient (Wildman–Crippen LogP) is 2.73. The van der Waals surface area contributed by atoms with Gasteiger partial charge in [0.05, 0.1) is 7.11 Å².